The summed E-state index contributed by atoms with van der Waals surface area (Å²) in [6, 6.07) is 7.40. The molecule has 0 aromatic heterocycles. The Labute approximate surface area is 119 Å². The monoisotopic (exact) mass is 299 g/mol. The number of nitrogens with zero attached hydrogens (tertiary/aromatic N) is 1. The molecule has 1 aromatic carbocycles. The molecule has 8 heteroatoms. The maximum Gasteiger partial charge on any atom is 0.356 e. The van der Waals surface area contributed by atoms with Crippen LogP contribution in [-0.2, 0) is 19.1 Å². The normalized spacial score (nSPS) is 12.3. The van der Waals surface area contributed by atoms with Crippen molar-refractivity contribution in [1.82, 2.24) is 0 Å². The molecule has 0 unspecified atom stereocenters. The summed E-state index contributed by atoms with van der Waals surface area (Å²) in [5.41, 5.74) is -3.18. The quantitative estimate of drug-likeness (QED) is 0.338. The van der Waals surface area contributed by atoms with E-state index in [1.807, 2.05) is 0 Å². The number of hydrogen-bond acceptors (Lipinski definition) is 6. The van der Waals surface area contributed by atoms with Gasteiger partial charge in [0.2, 0.25) is 6.54 Å². The second-order valence-corrected chi connectivity index (χ2v) is 4.17. The highest BCUT2D eigenvalue weighted by molar-refractivity contribution is 6.04. The van der Waals surface area contributed by atoms with E-state index in [1.54, 1.807) is 6.07 Å². The topological polar surface area (TPSA) is 95.7 Å². The highest BCUT2D eigenvalue weighted by Crippen LogP contribution is 2.34. The van der Waals surface area contributed by atoms with E-state index >= 15 is 4.39 Å². The lowest BCUT2D eigenvalue weighted by Gasteiger charge is -2.26. The van der Waals surface area contributed by atoms with E-state index < -0.39 is 35.0 Å². The molecular formula is C13H14FNO6. The first kappa shape index (κ1) is 16.5. The van der Waals surface area contributed by atoms with Crippen LogP contribution in [0.3, 0.4) is 0 Å². The predicted molar refractivity (Wildman–Crippen MR) is 68.9 cm³/mol. The number of carbonyl (C=O) groups is 2. The van der Waals surface area contributed by atoms with E-state index in [1.165, 1.54) is 24.3 Å². The zero-order chi connectivity index (χ0) is 16.0. The maximum atomic E-state index is 15.0. The van der Waals surface area contributed by atoms with Crippen molar-refractivity contribution < 1.29 is 28.4 Å². The molecule has 1 aromatic rings. The van der Waals surface area contributed by atoms with Gasteiger partial charge in [-0.1, -0.05) is 30.3 Å². The number of ether oxygens (including phenoxy) is 2. The Hall–Kier alpha value is -2.51. The molecule has 0 saturated carbocycles. The molecule has 0 saturated heterocycles. The Balaban J connectivity index is 3.41. The molecule has 7 nitrogen and oxygen atoms in total. The number of rotatable bonds is 6. The Morgan fingerprint density at radius 1 is 1.24 bits per heavy atom. The lowest BCUT2D eigenvalue weighted by atomic mass is 9.83. The highest BCUT2D eigenvalue weighted by atomic mass is 19.1. The standard InChI is InChI=1S/C13H14FNO6/c1-20-11(16)13(14,12(17)21-2)10(8-15(18)19)9-6-4-3-5-7-9/h3-7,10H,8H2,1-2H3/t10-/m0/s1. The molecule has 0 N–H and O–H groups in total. The van der Waals surface area contributed by atoms with Gasteiger partial charge in [0.25, 0.3) is 0 Å². The summed E-state index contributed by atoms with van der Waals surface area (Å²) >= 11 is 0. The molecule has 0 aliphatic rings. The van der Waals surface area contributed by atoms with Crippen molar-refractivity contribution in [3.05, 3.63) is 46.0 Å². The van der Waals surface area contributed by atoms with Crippen molar-refractivity contribution in [1.29, 1.82) is 0 Å². The number of nitro groups is 1. The van der Waals surface area contributed by atoms with Gasteiger partial charge in [-0.05, 0) is 5.56 Å². The third-order valence-electron chi connectivity index (χ3n) is 2.98. The van der Waals surface area contributed by atoms with Gasteiger partial charge in [0.05, 0.1) is 14.2 Å². The molecule has 114 valence electrons. The molecular weight excluding hydrogens is 285 g/mol. The maximum absolute atomic E-state index is 15.0. The second kappa shape index (κ2) is 6.78. The largest absolute Gasteiger partial charge is 0.466 e. The third kappa shape index (κ3) is 3.33. The number of esters is 2. The van der Waals surface area contributed by atoms with E-state index in [4.69, 9.17) is 0 Å². The van der Waals surface area contributed by atoms with Crippen LogP contribution in [-0.4, -0.2) is 43.3 Å². The fraction of sp³-hybridized carbons (Fsp3) is 0.385. The van der Waals surface area contributed by atoms with Crippen molar-refractivity contribution >= 4 is 11.9 Å². The van der Waals surface area contributed by atoms with Crippen LogP contribution in [0.1, 0.15) is 11.5 Å². The van der Waals surface area contributed by atoms with Crippen LogP contribution in [0.25, 0.3) is 0 Å². The van der Waals surface area contributed by atoms with E-state index in [0.717, 1.165) is 14.2 Å². The van der Waals surface area contributed by atoms with E-state index in [9.17, 15) is 19.7 Å². The lowest BCUT2D eigenvalue weighted by molar-refractivity contribution is -0.485. The summed E-state index contributed by atoms with van der Waals surface area (Å²) in [5, 5.41) is 10.8. The predicted octanol–water partition coefficient (Wildman–Crippen LogP) is 1.10. The SMILES string of the molecule is COC(=O)C(F)(C(=O)OC)[C@@H](C[N+](=O)[O-])c1ccccc1. The van der Waals surface area contributed by atoms with Gasteiger partial charge >= 0.3 is 17.6 Å². The van der Waals surface area contributed by atoms with Crippen molar-refractivity contribution in [2.24, 2.45) is 0 Å². The Morgan fingerprint density at radius 3 is 2.10 bits per heavy atom. The third-order valence-corrected chi connectivity index (χ3v) is 2.98. The van der Waals surface area contributed by atoms with Gasteiger partial charge in [0, 0.05) is 4.92 Å². The van der Waals surface area contributed by atoms with Crippen LogP contribution in [0.5, 0.6) is 0 Å². The van der Waals surface area contributed by atoms with Crippen LogP contribution in [0.4, 0.5) is 4.39 Å². The molecule has 1 atom stereocenters. The Morgan fingerprint density at radius 2 is 1.71 bits per heavy atom. The molecule has 0 spiro atoms. The number of hydrogen-bond donors (Lipinski definition) is 0. The van der Waals surface area contributed by atoms with Crippen LogP contribution in [0.15, 0.2) is 30.3 Å². The second-order valence-electron chi connectivity index (χ2n) is 4.17. The van der Waals surface area contributed by atoms with Crippen LogP contribution in [0.2, 0.25) is 0 Å². The first-order valence-corrected chi connectivity index (χ1v) is 5.90. The van der Waals surface area contributed by atoms with Crippen molar-refractivity contribution in [2.45, 2.75) is 11.6 Å². The minimum atomic E-state index is -3.29. The molecule has 21 heavy (non-hydrogen) atoms. The van der Waals surface area contributed by atoms with Crippen molar-refractivity contribution in [3.63, 3.8) is 0 Å². The molecule has 0 aliphatic heterocycles. The number of carbonyl (C=O) groups excluding carboxylic acids is 2. The van der Waals surface area contributed by atoms with Gasteiger partial charge in [-0.15, -0.1) is 0 Å². The summed E-state index contributed by atoms with van der Waals surface area (Å²) in [6.07, 6.45) is 0. The average Bonchev–Trinajstić information content (AvgIpc) is 2.50. The van der Waals surface area contributed by atoms with Gasteiger partial charge in [-0.2, -0.15) is 0 Å². The van der Waals surface area contributed by atoms with E-state index in [-0.39, 0.29) is 5.56 Å². The van der Waals surface area contributed by atoms with Gasteiger partial charge in [0.1, 0.15) is 5.92 Å². The van der Waals surface area contributed by atoms with Gasteiger partial charge < -0.3 is 9.47 Å². The van der Waals surface area contributed by atoms with Crippen molar-refractivity contribution in [3.8, 4) is 0 Å². The van der Waals surface area contributed by atoms with Crippen molar-refractivity contribution in [2.75, 3.05) is 20.8 Å². The smallest absolute Gasteiger partial charge is 0.356 e. The van der Waals surface area contributed by atoms with Crippen LogP contribution < -0.4 is 0 Å². The number of methoxy groups -OCH3 is 2. The molecule has 0 aliphatic carbocycles. The van der Waals surface area contributed by atoms with Crippen LogP contribution >= 0.6 is 0 Å². The first-order valence-electron chi connectivity index (χ1n) is 5.90. The zero-order valence-electron chi connectivity index (χ0n) is 11.4. The van der Waals surface area contributed by atoms with Gasteiger partial charge in [-0.3, -0.25) is 10.1 Å². The molecule has 0 fully saturated rings. The summed E-state index contributed by atoms with van der Waals surface area (Å²) in [4.78, 5) is 33.4. The fourth-order valence-corrected chi connectivity index (χ4v) is 1.96. The lowest BCUT2D eigenvalue weighted by Crippen LogP contribution is -2.51. The Kier molecular flexibility index (Phi) is 5.34. The highest BCUT2D eigenvalue weighted by Gasteiger charge is 2.58. The van der Waals surface area contributed by atoms with E-state index in [0.29, 0.717) is 0 Å². The summed E-state index contributed by atoms with van der Waals surface area (Å²) < 4.78 is 23.6. The summed E-state index contributed by atoms with van der Waals surface area (Å²) in [5.74, 6) is -4.73. The summed E-state index contributed by atoms with van der Waals surface area (Å²) in [7, 11) is 1.77. The minimum Gasteiger partial charge on any atom is -0.466 e. The molecule has 0 heterocycles. The molecule has 0 bridgehead atoms. The van der Waals surface area contributed by atoms with E-state index in [2.05, 4.69) is 9.47 Å². The number of benzene rings is 1. The Bertz CT molecular complexity index is 517. The first-order chi connectivity index (χ1) is 9.87. The fourth-order valence-electron chi connectivity index (χ4n) is 1.96. The summed E-state index contributed by atoms with van der Waals surface area (Å²) in [6.45, 7) is -0.968. The van der Waals surface area contributed by atoms with Gasteiger partial charge in [-0.25, -0.2) is 14.0 Å². The molecule has 1 rings (SSSR count). The molecule has 0 amide bonds. The number of halogens is 1. The average molecular weight is 299 g/mol. The zero-order valence-corrected chi connectivity index (χ0v) is 11.4. The molecule has 0 radical (unpaired) electrons. The van der Waals surface area contributed by atoms with Gasteiger partial charge in [0.15, 0.2) is 0 Å². The number of alkyl halides is 1. The minimum absolute atomic E-state index is 0.118. The van der Waals surface area contributed by atoms with Crippen LogP contribution in [0, 0.1) is 10.1 Å².